The number of hydrogen-bond donors (Lipinski definition) is 3. The molecule has 0 saturated heterocycles. The molecule has 0 aromatic rings. The van der Waals surface area contributed by atoms with Crippen molar-refractivity contribution in [1.29, 1.82) is 0 Å². The molecule has 0 saturated carbocycles. The van der Waals surface area contributed by atoms with Gasteiger partial charge in [-0.3, -0.25) is 4.79 Å². The summed E-state index contributed by atoms with van der Waals surface area (Å²) in [6.07, 6.45) is 0. The van der Waals surface area contributed by atoms with Crippen LogP contribution in [-0.2, 0) is 19.0 Å². The molecule has 0 aliphatic carbocycles. The van der Waals surface area contributed by atoms with Gasteiger partial charge in [-0.2, -0.15) is 0 Å². The van der Waals surface area contributed by atoms with E-state index in [1.807, 2.05) is 13.8 Å². The quantitative estimate of drug-likeness (QED) is 0.331. The molecular weight excluding hydrogens is 310 g/mol. The highest BCUT2D eigenvalue weighted by Crippen LogP contribution is 1.89. The predicted octanol–water partition coefficient (Wildman–Crippen LogP) is 0.396. The molecule has 7 nitrogen and oxygen atoms in total. The fraction of sp³-hybridized carbons (Fsp3) is 0.941. The maximum absolute atomic E-state index is 11.3. The molecule has 0 aromatic carbocycles. The Bertz CT molecular complexity index is 289. The average molecular weight is 348 g/mol. The van der Waals surface area contributed by atoms with Crippen molar-refractivity contribution in [2.45, 2.75) is 33.7 Å². The van der Waals surface area contributed by atoms with Gasteiger partial charge in [-0.1, -0.05) is 27.7 Å². The zero-order valence-electron chi connectivity index (χ0n) is 15.9. The van der Waals surface area contributed by atoms with Gasteiger partial charge >= 0.3 is 0 Å². The number of ether oxygens (including phenoxy) is 3. The third kappa shape index (κ3) is 17.6. The van der Waals surface area contributed by atoms with Crippen LogP contribution in [0.1, 0.15) is 27.7 Å². The van der Waals surface area contributed by atoms with Crippen LogP contribution in [0.15, 0.2) is 0 Å². The van der Waals surface area contributed by atoms with Crippen molar-refractivity contribution in [2.75, 3.05) is 65.8 Å². The number of rotatable bonds is 17. The molecule has 3 N–H and O–H groups in total. The van der Waals surface area contributed by atoms with Gasteiger partial charge in [-0.15, -0.1) is 0 Å². The third-order valence-electron chi connectivity index (χ3n) is 3.09. The molecule has 0 fully saturated rings. The Hall–Kier alpha value is -0.730. The highest BCUT2D eigenvalue weighted by molar-refractivity contribution is 5.77. The summed E-state index contributed by atoms with van der Waals surface area (Å²) in [7, 11) is 0. The minimum absolute atomic E-state index is 0.0220. The molecule has 7 heteroatoms. The van der Waals surface area contributed by atoms with Crippen LogP contribution >= 0.6 is 0 Å². The SMILES string of the molecule is CC(C)NCCOCCOCCNCCOCCNC(=O)C(C)C. The third-order valence-corrected chi connectivity index (χ3v) is 3.09. The van der Waals surface area contributed by atoms with E-state index in [9.17, 15) is 4.79 Å². The van der Waals surface area contributed by atoms with Gasteiger partial charge in [0.05, 0.1) is 39.6 Å². The van der Waals surface area contributed by atoms with E-state index in [4.69, 9.17) is 14.2 Å². The summed E-state index contributed by atoms with van der Waals surface area (Å²) in [5.41, 5.74) is 0. The van der Waals surface area contributed by atoms with Crippen LogP contribution in [0.3, 0.4) is 0 Å². The topological polar surface area (TPSA) is 80.8 Å². The number of carbonyl (C=O) groups excluding carboxylic acids is 1. The second-order valence-corrected chi connectivity index (χ2v) is 6.14. The van der Waals surface area contributed by atoms with Crippen LogP contribution in [0, 0.1) is 5.92 Å². The number of nitrogens with one attached hydrogen (secondary N) is 3. The van der Waals surface area contributed by atoms with Crippen LogP contribution in [0.25, 0.3) is 0 Å². The molecule has 144 valence electrons. The molecule has 0 radical (unpaired) electrons. The minimum Gasteiger partial charge on any atom is -0.378 e. The van der Waals surface area contributed by atoms with Crippen molar-refractivity contribution in [1.82, 2.24) is 16.0 Å². The molecule has 0 aromatic heterocycles. The lowest BCUT2D eigenvalue weighted by Gasteiger charge is -2.10. The zero-order valence-corrected chi connectivity index (χ0v) is 15.9. The molecule has 0 aliphatic heterocycles. The summed E-state index contributed by atoms with van der Waals surface area (Å²) < 4.78 is 16.3. The summed E-state index contributed by atoms with van der Waals surface area (Å²) in [4.78, 5) is 11.3. The monoisotopic (exact) mass is 347 g/mol. The molecule has 0 aliphatic rings. The molecule has 0 bridgehead atoms. The lowest BCUT2D eigenvalue weighted by atomic mass is 10.2. The van der Waals surface area contributed by atoms with Crippen molar-refractivity contribution in [2.24, 2.45) is 5.92 Å². The largest absolute Gasteiger partial charge is 0.378 e. The van der Waals surface area contributed by atoms with Gasteiger partial charge in [0.25, 0.3) is 0 Å². The van der Waals surface area contributed by atoms with Gasteiger partial charge in [0.2, 0.25) is 5.91 Å². The Morgan fingerprint density at radius 2 is 1.25 bits per heavy atom. The van der Waals surface area contributed by atoms with Crippen molar-refractivity contribution >= 4 is 5.91 Å². The van der Waals surface area contributed by atoms with Crippen LogP contribution in [0.4, 0.5) is 0 Å². The molecule has 0 heterocycles. The Kier molecular flexibility index (Phi) is 16.6. The first-order chi connectivity index (χ1) is 11.5. The van der Waals surface area contributed by atoms with E-state index in [0.717, 1.165) is 26.2 Å². The van der Waals surface area contributed by atoms with E-state index < -0.39 is 0 Å². The lowest BCUT2D eigenvalue weighted by molar-refractivity contribution is -0.124. The average Bonchev–Trinajstić information content (AvgIpc) is 2.53. The van der Waals surface area contributed by atoms with E-state index >= 15 is 0 Å². The predicted molar refractivity (Wildman–Crippen MR) is 96.3 cm³/mol. The second kappa shape index (κ2) is 17.1. The maximum Gasteiger partial charge on any atom is 0.222 e. The van der Waals surface area contributed by atoms with Crippen molar-refractivity contribution < 1.29 is 19.0 Å². The Labute approximate surface area is 147 Å². The number of hydrogen-bond acceptors (Lipinski definition) is 6. The van der Waals surface area contributed by atoms with Crippen molar-refractivity contribution in [3.05, 3.63) is 0 Å². The zero-order chi connectivity index (χ0) is 18.0. The molecule has 0 unspecified atom stereocenters. The second-order valence-electron chi connectivity index (χ2n) is 6.14. The highest BCUT2D eigenvalue weighted by Gasteiger charge is 2.04. The molecule has 24 heavy (non-hydrogen) atoms. The van der Waals surface area contributed by atoms with Crippen LogP contribution in [-0.4, -0.2) is 77.8 Å². The van der Waals surface area contributed by atoms with Crippen molar-refractivity contribution in [3.8, 4) is 0 Å². The Morgan fingerprint density at radius 3 is 1.79 bits per heavy atom. The molecule has 1 amide bonds. The van der Waals surface area contributed by atoms with Gasteiger partial charge < -0.3 is 30.2 Å². The van der Waals surface area contributed by atoms with Gasteiger partial charge in [0.15, 0.2) is 0 Å². The Balaban J connectivity index is 3.06. The molecule has 0 rings (SSSR count). The number of carbonyl (C=O) groups is 1. The summed E-state index contributed by atoms with van der Waals surface area (Å²) in [5, 5.41) is 9.34. The van der Waals surface area contributed by atoms with Crippen LogP contribution in [0.2, 0.25) is 0 Å². The Morgan fingerprint density at radius 1 is 0.750 bits per heavy atom. The first-order valence-electron chi connectivity index (χ1n) is 8.99. The van der Waals surface area contributed by atoms with Crippen LogP contribution < -0.4 is 16.0 Å². The molecule has 0 atom stereocenters. The summed E-state index contributed by atoms with van der Waals surface area (Å²) in [5.74, 6) is 0.0859. The van der Waals surface area contributed by atoms with E-state index in [-0.39, 0.29) is 11.8 Å². The summed E-state index contributed by atoms with van der Waals surface area (Å²) in [6.45, 7) is 14.8. The van der Waals surface area contributed by atoms with Gasteiger partial charge in [0, 0.05) is 38.1 Å². The van der Waals surface area contributed by atoms with Gasteiger partial charge in [-0.25, -0.2) is 0 Å². The normalized spacial score (nSPS) is 11.4. The standard InChI is InChI=1S/C17H37N3O4/c1-15(2)17(21)20-8-12-22-9-5-18-6-10-23-13-14-24-11-7-19-16(3)4/h15-16,18-19H,5-14H2,1-4H3,(H,20,21). The molecule has 0 spiro atoms. The number of amides is 1. The first kappa shape index (κ1) is 23.3. The van der Waals surface area contributed by atoms with Crippen LogP contribution in [0.5, 0.6) is 0 Å². The lowest BCUT2D eigenvalue weighted by Crippen LogP contribution is -2.31. The van der Waals surface area contributed by atoms with E-state index in [1.54, 1.807) is 0 Å². The van der Waals surface area contributed by atoms with Gasteiger partial charge in [0.1, 0.15) is 0 Å². The fourth-order valence-corrected chi connectivity index (χ4v) is 1.71. The fourth-order valence-electron chi connectivity index (χ4n) is 1.71. The summed E-state index contributed by atoms with van der Waals surface area (Å²) >= 11 is 0. The smallest absolute Gasteiger partial charge is 0.222 e. The summed E-state index contributed by atoms with van der Waals surface area (Å²) in [6, 6.07) is 0.499. The van der Waals surface area contributed by atoms with Gasteiger partial charge in [-0.05, 0) is 0 Å². The van der Waals surface area contributed by atoms with E-state index in [0.29, 0.717) is 45.6 Å². The highest BCUT2D eigenvalue weighted by atomic mass is 16.5. The van der Waals surface area contributed by atoms with E-state index in [2.05, 4.69) is 29.8 Å². The maximum atomic E-state index is 11.3. The molecular formula is C17H37N3O4. The van der Waals surface area contributed by atoms with Crippen molar-refractivity contribution in [3.63, 3.8) is 0 Å². The minimum atomic E-state index is 0.0220. The first-order valence-corrected chi connectivity index (χ1v) is 8.99. The van der Waals surface area contributed by atoms with E-state index in [1.165, 1.54) is 0 Å².